The van der Waals surface area contributed by atoms with Crippen LogP contribution in [-0.2, 0) is 6.54 Å². The minimum atomic E-state index is -0.0538. The predicted molar refractivity (Wildman–Crippen MR) is 62.8 cm³/mol. The number of hydrogen-bond acceptors (Lipinski definition) is 2. The molecule has 1 aromatic carbocycles. The fraction of sp³-hybridized carbons (Fsp3) is 0.167. The molecule has 0 fully saturated rings. The molecule has 2 aromatic rings. The van der Waals surface area contributed by atoms with Crippen LogP contribution in [0.3, 0.4) is 0 Å². The van der Waals surface area contributed by atoms with Crippen LogP contribution in [0.4, 0.5) is 0 Å². The van der Waals surface area contributed by atoms with Gasteiger partial charge in [-0.1, -0.05) is 23.7 Å². The average molecular weight is 235 g/mol. The smallest absolute Gasteiger partial charge is 0.211 e. The van der Waals surface area contributed by atoms with Gasteiger partial charge in [0.25, 0.3) is 0 Å². The molecule has 1 aromatic heterocycles. The molecule has 0 amide bonds. The molecule has 2 rings (SSSR count). The first-order chi connectivity index (χ1) is 7.72. The highest BCUT2D eigenvalue weighted by atomic mass is 35.5. The standard InChI is InChI=1S/C12H11ClN2O/c1-2-15-11(6-7-14-15)12(16)9-4-3-5-10(13)8-9/h3-8H,2H2,1H3. The van der Waals surface area contributed by atoms with Crippen LogP contribution in [0.1, 0.15) is 23.0 Å². The van der Waals surface area contributed by atoms with Gasteiger partial charge in [0.1, 0.15) is 5.69 Å². The van der Waals surface area contributed by atoms with E-state index >= 15 is 0 Å². The molecule has 0 saturated heterocycles. The van der Waals surface area contributed by atoms with E-state index in [0.717, 1.165) is 0 Å². The lowest BCUT2D eigenvalue weighted by molar-refractivity contribution is 0.102. The highest BCUT2D eigenvalue weighted by Gasteiger charge is 2.13. The first-order valence-electron chi connectivity index (χ1n) is 5.04. The van der Waals surface area contributed by atoms with Crippen LogP contribution in [0.25, 0.3) is 0 Å². The maximum Gasteiger partial charge on any atom is 0.211 e. The molecule has 0 atom stereocenters. The van der Waals surface area contributed by atoms with Gasteiger partial charge in [0.2, 0.25) is 5.78 Å². The largest absolute Gasteiger partial charge is 0.287 e. The second-order valence-electron chi connectivity index (χ2n) is 3.37. The second-order valence-corrected chi connectivity index (χ2v) is 3.81. The van der Waals surface area contributed by atoms with Gasteiger partial charge in [-0.3, -0.25) is 9.48 Å². The number of carbonyl (C=O) groups excluding carboxylic acids is 1. The summed E-state index contributed by atoms with van der Waals surface area (Å²) in [5.74, 6) is -0.0538. The molecule has 0 unspecified atom stereocenters. The summed E-state index contributed by atoms with van der Waals surface area (Å²) >= 11 is 5.85. The number of halogens is 1. The Balaban J connectivity index is 2.39. The Morgan fingerprint density at radius 2 is 2.25 bits per heavy atom. The molecule has 3 nitrogen and oxygen atoms in total. The number of rotatable bonds is 3. The summed E-state index contributed by atoms with van der Waals surface area (Å²) in [6, 6.07) is 8.64. The van der Waals surface area contributed by atoms with E-state index in [1.54, 1.807) is 41.2 Å². The van der Waals surface area contributed by atoms with Crippen molar-refractivity contribution in [3.05, 3.63) is 52.8 Å². The maximum absolute atomic E-state index is 12.1. The number of aromatic nitrogens is 2. The van der Waals surface area contributed by atoms with Crippen molar-refractivity contribution in [1.82, 2.24) is 9.78 Å². The molecule has 0 aliphatic carbocycles. The Bertz CT molecular complexity index is 519. The molecular weight excluding hydrogens is 224 g/mol. The summed E-state index contributed by atoms with van der Waals surface area (Å²) in [6.45, 7) is 2.62. The molecule has 0 radical (unpaired) electrons. The summed E-state index contributed by atoms with van der Waals surface area (Å²) in [5, 5.41) is 4.63. The minimum absolute atomic E-state index is 0.0538. The molecule has 0 spiro atoms. The van der Waals surface area contributed by atoms with E-state index in [9.17, 15) is 4.79 Å². The van der Waals surface area contributed by atoms with Crippen molar-refractivity contribution in [1.29, 1.82) is 0 Å². The van der Waals surface area contributed by atoms with Gasteiger partial charge >= 0.3 is 0 Å². The molecule has 82 valence electrons. The lowest BCUT2D eigenvalue weighted by atomic mass is 10.1. The SMILES string of the molecule is CCn1nccc1C(=O)c1cccc(Cl)c1. The number of benzene rings is 1. The highest BCUT2D eigenvalue weighted by molar-refractivity contribution is 6.31. The number of carbonyl (C=O) groups is 1. The summed E-state index contributed by atoms with van der Waals surface area (Å²) in [4.78, 5) is 12.1. The Labute approximate surface area is 98.7 Å². The normalized spacial score (nSPS) is 10.4. The van der Waals surface area contributed by atoms with Crippen molar-refractivity contribution in [3.63, 3.8) is 0 Å². The summed E-state index contributed by atoms with van der Waals surface area (Å²) in [6.07, 6.45) is 1.63. The second kappa shape index (κ2) is 4.49. The average Bonchev–Trinajstić information content (AvgIpc) is 2.76. The van der Waals surface area contributed by atoms with Crippen LogP contribution in [0.2, 0.25) is 5.02 Å². The minimum Gasteiger partial charge on any atom is -0.287 e. The maximum atomic E-state index is 12.1. The fourth-order valence-corrected chi connectivity index (χ4v) is 1.75. The highest BCUT2D eigenvalue weighted by Crippen LogP contribution is 2.14. The Morgan fingerprint density at radius 1 is 1.44 bits per heavy atom. The van der Waals surface area contributed by atoms with Gasteiger partial charge in [0.05, 0.1) is 0 Å². The van der Waals surface area contributed by atoms with Gasteiger partial charge in [-0.2, -0.15) is 5.10 Å². The first kappa shape index (κ1) is 10.9. The van der Waals surface area contributed by atoms with Crippen molar-refractivity contribution in [2.75, 3.05) is 0 Å². The number of aryl methyl sites for hydroxylation is 1. The van der Waals surface area contributed by atoms with Gasteiger partial charge in [-0.25, -0.2) is 0 Å². The van der Waals surface area contributed by atoms with Gasteiger partial charge in [-0.05, 0) is 25.1 Å². The monoisotopic (exact) mass is 234 g/mol. The van der Waals surface area contributed by atoms with E-state index in [1.807, 2.05) is 6.92 Å². The molecule has 0 aliphatic heterocycles. The van der Waals surface area contributed by atoms with Gasteiger partial charge < -0.3 is 0 Å². The van der Waals surface area contributed by atoms with Crippen LogP contribution in [0.5, 0.6) is 0 Å². The van der Waals surface area contributed by atoms with Crippen LogP contribution in [0.15, 0.2) is 36.5 Å². The van der Waals surface area contributed by atoms with E-state index in [-0.39, 0.29) is 5.78 Å². The van der Waals surface area contributed by atoms with Crippen LogP contribution >= 0.6 is 11.6 Å². The molecule has 0 aliphatic rings. The van der Waals surface area contributed by atoms with E-state index in [4.69, 9.17) is 11.6 Å². The quantitative estimate of drug-likeness (QED) is 0.766. The van der Waals surface area contributed by atoms with E-state index < -0.39 is 0 Å². The van der Waals surface area contributed by atoms with Gasteiger partial charge in [0, 0.05) is 23.3 Å². The van der Waals surface area contributed by atoms with E-state index in [2.05, 4.69) is 5.10 Å². The number of nitrogens with zero attached hydrogens (tertiary/aromatic N) is 2. The van der Waals surface area contributed by atoms with E-state index in [1.165, 1.54) is 0 Å². The third-order valence-electron chi connectivity index (χ3n) is 2.34. The molecule has 16 heavy (non-hydrogen) atoms. The number of hydrogen-bond donors (Lipinski definition) is 0. The molecular formula is C12H11ClN2O. The zero-order chi connectivity index (χ0) is 11.5. The third-order valence-corrected chi connectivity index (χ3v) is 2.57. The van der Waals surface area contributed by atoms with Crippen molar-refractivity contribution in [2.24, 2.45) is 0 Å². The lowest BCUT2D eigenvalue weighted by Gasteiger charge is -2.03. The first-order valence-corrected chi connectivity index (χ1v) is 5.42. The molecule has 0 N–H and O–H groups in total. The van der Waals surface area contributed by atoms with Crippen LogP contribution in [-0.4, -0.2) is 15.6 Å². The van der Waals surface area contributed by atoms with Gasteiger partial charge in [-0.15, -0.1) is 0 Å². The predicted octanol–water partition coefficient (Wildman–Crippen LogP) is 2.79. The van der Waals surface area contributed by atoms with Crippen LogP contribution < -0.4 is 0 Å². The Kier molecular flexibility index (Phi) is 3.06. The van der Waals surface area contributed by atoms with Crippen LogP contribution in [0, 0.1) is 0 Å². The fourth-order valence-electron chi connectivity index (χ4n) is 1.56. The Morgan fingerprint density at radius 3 is 2.94 bits per heavy atom. The summed E-state index contributed by atoms with van der Waals surface area (Å²) in [7, 11) is 0. The zero-order valence-corrected chi connectivity index (χ0v) is 9.61. The van der Waals surface area contributed by atoms with Crippen molar-refractivity contribution >= 4 is 17.4 Å². The molecule has 0 bridgehead atoms. The summed E-state index contributed by atoms with van der Waals surface area (Å²) in [5.41, 5.74) is 1.17. The molecule has 4 heteroatoms. The Hall–Kier alpha value is -1.61. The summed E-state index contributed by atoms with van der Waals surface area (Å²) < 4.78 is 1.67. The van der Waals surface area contributed by atoms with Crippen molar-refractivity contribution in [2.45, 2.75) is 13.5 Å². The number of ketones is 1. The van der Waals surface area contributed by atoms with Crippen molar-refractivity contribution in [3.8, 4) is 0 Å². The topological polar surface area (TPSA) is 34.9 Å². The van der Waals surface area contributed by atoms with Gasteiger partial charge in [0.15, 0.2) is 0 Å². The van der Waals surface area contributed by atoms with E-state index in [0.29, 0.717) is 22.8 Å². The molecule has 1 heterocycles. The van der Waals surface area contributed by atoms with Crippen molar-refractivity contribution < 1.29 is 4.79 Å². The lowest BCUT2D eigenvalue weighted by Crippen LogP contribution is -2.10. The third kappa shape index (κ3) is 1.99. The molecule has 0 saturated carbocycles. The zero-order valence-electron chi connectivity index (χ0n) is 8.85.